The summed E-state index contributed by atoms with van der Waals surface area (Å²) in [5, 5.41) is 0. The number of carbonyl (C=O) groups excluding carboxylic acids is 1. The van der Waals surface area contributed by atoms with E-state index < -0.39 is 11.3 Å². The number of carbonyl (C=O) groups is 1. The molecule has 0 saturated heterocycles. The third-order valence-electron chi connectivity index (χ3n) is 2.59. The summed E-state index contributed by atoms with van der Waals surface area (Å²) in [5.41, 5.74) is 4.55. The summed E-state index contributed by atoms with van der Waals surface area (Å²) in [6, 6.07) is 5.19. The Kier molecular flexibility index (Phi) is 4.42. The minimum Gasteiger partial charge on any atom is -0.496 e. The Morgan fingerprint density at radius 2 is 1.56 bits per heavy atom. The Hall–Kier alpha value is -1.91. The van der Waals surface area contributed by atoms with Crippen LogP contribution in [0.25, 0.3) is 0 Å². The molecule has 0 heterocycles. The summed E-state index contributed by atoms with van der Waals surface area (Å²) in [4.78, 5) is 11.2. The van der Waals surface area contributed by atoms with Crippen LogP contribution in [0.2, 0.25) is 0 Å². The van der Waals surface area contributed by atoms with E-state index in [1.165, 1.54) is 0 Å². The van der Waals surface area contributed by atoms with Crippen molar-refractivity contribution in [2.45, 2.75) is 13.8 Å². The normalized spacial score (nSPS) is 10.9. The van der Waals surface area contributed by atoms with Gasteiger partial charge in [-0.3, -0.25) is 4.79 Å². The van der Waals surface area contributed by atoms with Crippen molar-refractivity contribution in [1.29, 1.82) is 0 Å². The van der Waals surface area contributed by atoms with Gasteiger partial charge in [-0.05, 0) is 13.8 Å². The van der Waals surface area contributed by atoms with Gasteiger partial charge < -0.3 is 19.9 Å². The smallest absolute Gasteiger partial charge is 0.226 e. The molecular formula is C13H19NO4. The van der Waals surface area contributed by atoms with Gasteiger partial charge in [-0.15, -0.1) is 0 Å². The molecule has 0 radical (unpaired) electrons. The van der Waals surface area contributed by atoms with Crippen molar-refractivity contribution in [3.05, 3.63) is 18.2 Å². The number of benzene rings is 1. The van der Waals surface area contributed by atoms with Gasteiger partial charge in [0, 0.05) is 18.2 Å². The molecule has 5 nitrogen and oxygen atoms in total. The third kappa shape index (κ3) is 3.55. The SMILES string of the molecule is COc1cc(OC)cc(OCC(C)(C)C(N)=O)c1. The minimum absolute atomic E-state index is 0.193. The topological polar surface area (TPSA) is 70.8 Å². The Bertz CT molecular complexity index is 407. The van der Waals surface area contributed by atoms with E-state index >= 15 is 0 Å². The van der Waals surface area contributed by atoms with Crippen LogP contribution < -0.4 is 19.9 Å². The fourth-order valence-corrected chi connectivity index (χ4v) is 1.20. The van der Waals surface area contributed by atoms with E-state index in [4.69, 9.17) is 19.9 Å². The molecule has 0 spiro atoms. The standard InChI is InChI=1S/C13H19NO4/c1-13(2,12(14)15)8-18-11-6-9(16-3)5-10(7-11)17-4/h5-7H,8H2,1-4H3,(H2,14,15). The van der Waals surface area contributed by atoms with Crippen LogP contribution >= 0.6 is 0 Å². The average molecular weight is 253 g/mol. The van der Waals surface area contributed by atoms with Crippen LogP contribution in [0.3, 0.4) is 0 Å². The summed E-state index contributed by atoms with van der Waals surface area (Å²) in [6.07, 6.45) is 0. The highest BCUT2D eigenvalue weighted by atomic mass is 16.5. The molecule has 2 N–H and O–H groups in total. The summed E-state index contributed by atoms with van der Waals surface area (Å²) in [6.45, 7) is 3.65. The van der Waals surface area contributed by atoms with Crippen molar-refractivity contribution in [2.24, 2.45) is 11.1 Å². The van der Waals surface area contributed by atoms with E-state index in [0.29, 0.717) is 17.2 Å². The fraction of sp³-hybridized carbons (Fsp3) is 0.462. The van der Waals surface area contributed by atoms with Crippen LogP contribution in [0.5, 0.6) is 17.2 Å². The number of methoxy groups -OCH3 is 2. The molecule has 1 rings (SSSR count). The highest BCUT2D eigenvalue weighted by molar-refractivity contribution is 5.80. The molecular weight excluding hydrogens is 234 g/mol. The molecule has 18 heavy (non-hydrogen) atoms. The number of ether oxygens (including phenoxy) is 3. The maximum Gasteiger partial charge on any atom is 0.226 e. The zero-order valence-corrected chi connectivity index (χ0v) is 11.1. The Morgan fingerprint density at radius 3 is 1.94 bits per heavy atom. The molecule has 0 atom stereocenters. The van der Waals surface area contributed by atoms with Crippen molar-refractivity contribution < 1.29 is 19.0 Å². The van der Waals surface area contributed by atoms with Crippen LogP contribution in [0.15, 0.2) is 18.2 Å². The van der Waals surface area contributed by atoms with E-state index in [-0.39, 0.29) is 6.61 Å². The van der Waals surface area contributed by atoms with Gasteiger partial charge in [-0.2, -0.15) is 0 Å². The van der Waals surface area contributed by atoms with E-state index in [0.717, 1.165) is 0 Å². The highest BCUT2D eigenvalue weighted by Crippen LogP contribution is 2.28. The number of nitrogens with two attached hydrogens (primary N) is 1. The predicted molar refractivity (Wildman–Crippen MR) is 68.0 cm³/mol. The Morgan fingerprint density at radius 1 is 1.11 bits per heavy atom. The van der Waals surface area contributed by atoms with Crippen molar-refractivity contribution in [1.82, 2.24) is 0 Å². The lowest BCUT2D eigenvalue weighted by molar-refractivity contribution is -0.127. The molecule has 0 fully saturated rings. The van der Waals surface area contributed by atoms with Gasteiger partial charge in [0.15, 0.2) is 0 Å². The lowest BCUT2D eigenvalue weighted by Crippen LogP contribution is -2.36. The highest BCUT2D eigenvalue weighted by Gasteiger charge is 2.26. The molecule has 0 aliphatic carbocycles. The second kappa shape index (κ2) is 5.62. The summed E-state index contributed by atoms with van der Waals surface area (Å²) < 4.78 is 15.8. The number of rotatable bonds is 6. The van der Waals surface area contributed by atoms with Crippen LogP contribution in [-0.4, -0.2) is 26.7 Å². The fourth-order valence-electron chi connectivity index (χ4n) is 1.20. The largest absolute Gasteiger partial charge is 0.496 e. The molecule has 0 bridgehead atoms. The number of hydrogen-bond acceptors (Lipinski definition) is 4. The first-order valence-electron chi connectivity index (χ1n) is 5.55. The summed E-state index contributed by atoms with van der Waals surface area (Å²) >= 11 is 0. The molecule has 100 valence electrons. The van der Waals surface area contributed by atoms with Crippen molar-refractivity contribution in [2.75, 3.05) is 20.8 Å². The van der Waals surface area contributed by atoms with Gasteiger partial charge in [-0.25, -0.2) is 0 Å². The second-order valence-electron chi connectivity index (χ2n) is 4.59. The molecule has 0 aliphatic heterocycles. The lowest BCUT2D eigenvalue weighted by atomic mass is 9.94. The first-order valence-corrected chi connectivity index (χ1v) is 5.55. The summed E-state index contributed by atoms with van der Waals surface area (Å²) in [7, 11) is 3.12. The van der Waals surface area contributed by atoms with Crippen molar-refractivity contribution in [3.63, 3.8) is 0 Å². The molecule has 0 aromatic heterocycles. The van der Waals surface area contributed by atoms with Crippen LogP contribution in [-0.2, 0) is 4.79 Å². The van der Waals surface area contributed by atoms with E-state index in [1.807, 2.05) is 0 Å². The van der Waals surface area contributed by atoms with Gasteiger partial charge in [0.05, 0.1) is 19.6 Å². The van der Waals surface area contributed by atoms with Crippen LogP contribution in [0.1, 0.15) is 13.8 Å². The number of primary amides is 1. The van der Waals surface area contributed by atoms with Crippen LogP contribution in [0.4, 0.5) is 0 Å². The van der Waals surface area contributed by atoms with Gasteiger partial charge >= 0.3 is 0 Å². The zero-order valence-electron chi connectivity index (χ0n) is 11.1. The van der Waals surface area contributed by atoms with E-state index in [9.17, 15) is 4.79 Å². The molecule has 5 heteroatoms. The van der Waals surface area contributed by atoms with Gasteiger partial charge in [0.2, 0.25) is 5.91 Å². The lowest BCUT2D eigenvalue weighted by Gasteiger charge is -2.21. The molecule has 1 aromatic rings. The zero-order chi connectivity index (χ0) is 13.8. The monoisotopic (exact) mass is 253 g/mol. The van der Waals surface area contributed by atoms with E-state index in [2.05, 4.69) is 0 Å². The van der Waals surface area contributed by atoms with Crippen LogP contribution in [0, 0.1) is 5.41 Å². The van der Waals surface area contributed by atoms with Crippen molar-refractivity contribution in [3.8, 4) is 17.2 Å². The van der Waals surface area contributed by atoms with Gasteiger partial charge in [0.1, 0.15) is 23.9 Å². The molecule has 0 aliphatic rings. The predicted octanol–water partition coefficient (Wildman–Crippen LogP) is 1.59. The van der Waals surface area contributed by atoms with Gasteiger partial charge in [-0.1, -0.05) is 0 Å². The molecule has 1 aromatic carbocycles. The van der Waals surface area contributed by atoms with Gasteiger partial charge in [0.25, 0.3) is 0 Å². The Labute approximate surface area is 107 Å². The molecule has 1 amide bonds. The maximum absolute atomic E-state index is 11.2. The molecule has 0 saturated carbocycles. The third-order valence-corrected chi connectivity index (χ3v) is 2.59. The first-order chi connectivity index (χ1) is 8.39. The Balaban J connectivity index is 2.81. The maximum atomic E-state index is 11.2. The summed E-state index contributed by atoms with van der Waals surface area (Å²) in [5.74, 6) is 1.42. The number of hydrogen-bond donors (Lipinski definition) is 1. The minimum atomic E-state index is -0.726. The van der Waals surface area contributed by atoms with E-state index in [1.54, 1.807) is 46.3 Å². The number of amides is 1. The molecule has 0 unspecified atom stereocenters. The quantitative estimate of drug-likeness (QED) is 0.835. The first kappa shape index (κ1) is 14.2. The average Bonchev–Trinajstić information content (AvgIpc) is 2.35. The van der Waals surface area contributed by atoms with Crippen molar-refractivity contribution >= 4 is 5.91 Å². The second-order valence-corrected chi connectivity index (χ2v) is 4.59.